The third-order valence-corrected chi connectivity index (χ3v) is 2.74. The smallest absolute Gasteiger partial charge is 0.122 e. The van der Waals surface area contributed by atoms with E-state index >= 15 is 0 Å². The van der Waals surface area contributed by atoms with Crippen molar-refractivity contribution in [3.63, 3.8) is 0 Å². The number of aliphatic hydroxyl groups is 1. The number of aliphatic hydroxyl groups excluding tert-OH is 1. The van der Waals surface area contributed by atoms with Gasteiger partial charge in [-0.15, -0.1) is 0 Å². The van der Waals surface area contributed by atoms with Crippen LogP contribution in [0.4, 0.5) is 0 Å². The van der Waals surface area contributed by atoms with Crippen LogP contribution in [0.3, 0.4) is 0 Å². The van der Waals surface area contributed by atoms with Crippen molar-refractivity contribution in [3.8, 4) is 0 Å². The van der Waals surface area contributed by atoms with Crippen molar-refractivity contribution >= 4 is 0 Å². The normalized spacial score (nSPS) is 15.8. The van der Waals surface area contributed by atoms with Crippen molar-refractivity contribution in [2.24, 2.45) is 0 Å². The quantitative estimate of drug-likeness (QED) is 0.656. The molecular formula is C11H19N3O. The van der Waals surface area contributed by atoms with Crippen LogP contribution < -0.4 is 5.32 Å². The van der Waals surface area contributed by atoms with Crippen LogP contribution in [-0.2, 0) is 13.1 Å². The summed E-state index contributed by atoms with van der Waals surface area (Å²) in [5.74, 6) is 1.11. The molecule has 0 amide bonds. The zero-order chi connectivity index (χ0) is 10.5. The molecular weight excluding hydrogens is 190 g/mol. The zero-order valence-electron chi connectivity index (χ0n) is 9.02. The number of unbranched alkanes of at least 4 members (excludes halogenated alkanes) is 1. The van der Waals surface area contributed by atoms with Crippen molar-refractivity contribution < 1.29 is 5.11 Å². The molecule has 0 unspecified atom stereocenters. The van der Waals surface area contributed by atoms with Crippen molar-refractivity contribution in [2.45, 2.75) is 44.8 Å². The minimum Gasteiger partial charge on any atom is -0.396 e. The predicted molar refractivity (Wildman–Crippen MR) is 58.4 cm³/mol. The zero-order valence-corrected chi connectivity index (χ0v) is 9.02. The molecule has 1 saturated carbocycles. The van der Waals surface area contributed by atoms with Crippen LogP contribution in [0, 0.1) is 0 Å². The van der Waals surface area contributed by atoms with E-state index in [0.29, 0.717) is 0 Å². The summed E-state index contributed by atoms with van der Waals surface area (Å²) in [7, 11) is 0. The number of aromatic nitrogens is 2. The molecule has 1 aromatic heterocycles. The van der Waals surface area contributed by atoms with Crippen molar-refractivity contribution in [1.29, 1.82) is 0 Å². The van der Waals surface area contributed by atoms with Crippen molar-refractivity contribution in [2.75, 3.05) is 6.61 Å². The molecule has 1 aliphatic rings. The van der Waals surface area contributed by atoms with E-state index in [0.717, 1.165) is 37.8 Å². The molecule has 4 heteroatoms. The van der Waals surface area contributed by atoms with Gasteiger partial charge in [0.1, 0.15) is 5.82 Å². The highest BCUT2D eigenvalue weighted by Gasteiger charge is 2.20. The average Bonchev–Trinajstić information content (AvgIpc) is 2.97. The lowest BCUT2D eigenvalue weighted by Gasteiger charge is -2.07. The minimum absolute atomic E-state index is 0.282. The summed E-state index contributed by atoms with van der Waals surface area (Å²) in [6.45, 7) is 2.11. The predicted octanol–water partition coefficient (Wildman–Crippen LogP) is 0.908. The standard InChI is InChI=1S/C11H19N3O/c15-8-2-1-6-14-7-5-12-11(14)9-13-10-3-4-10/h5,7,10,13,15H,1-4,6,8-9H2. The Balaban J connectivity index is 1.78. The fourth-order valence-electron chi connectivity index (χ4n) is 1.63. The molecule has 1 fully saturated rings. The number of hydrogen-bond donors (Lipinski definition) is 2. The van der Waals surface area contributed by atoms with Crippen LogP contribution >= 0.6 is 0 Å². The van der Waals surface area contributed by atoms with Gasteiger partial charge in [0.15, 0.2) is 0 Å². The Hall–Kier alpha value is -0.870. The molecule has 1 aliphatic carbocycles. The summed E-state index contributed by atoms with van der Waals surface area (Å²) in [4.78, 5) is 4.33. The van der Waals surface area contributed by atoms with Crippen LogP contribution in [0.2, 0.25) is 0 Å². The summed E-state index contributed by atoms with van der Waals surface area (Å²) < 4.78 is 2.17. The Morgan fingerprint density at radius 2 is 2.33 bits per heavy atom. The monoisotopic (exact) mass is 209 g/mol. The fourth-order valence-corrected chi connectivity index (χ4v) is 1.63. The molecule has 0 aliphatic heterocycles. The summed E-state index contributed by atoms with van der Waals surface area (Å²) >= 11 is 0. The summed E-state index contributed by atoms with van der Waals surface area (Å²) in [5.41, 5.74) is 0. The number of nitrogens with zero attached hydrogens (tertiary/aromatic N) is 2. The van der Waals surface area contributed by atoms with Gasteiger partial charge >= 0.3 is 0 Å². The number of nitrogens with one attached hydrogen (secondary N) is 1. The number of aryl methyl sites for hydroxylation is 1. The van der Waals surface area contributed by atoms with Gasteiger partial charge in [-0.05, 0) is 25.7 Å². The Labute approximate surface area is 90.3 Å². The van der Waals surface area contributed by atoms with Crippen molar-refractivity contribution in [1.82, 2.24) is 14.9 Å². The van der Waals surface area contributed by atoms with Gasteiger partial charge in [-0.25, -0.2) is 4.98 Å². The summed E-state index contributed by atoms with van der Waals surface area (Å²) in [6, 6.07) is 0.729. The maximum absolute atomic E-state index is 8.71. The van der Waals surface area contributed by atoms with Crippen LogP contribution in [0.1, 0.15) is 31.5 Å². The molecule has 15 heavy (non-hydrogen) atoms. The molecule has 0 aromatic carbocycles. The molecule has 0 spiro atoms. The topological polar surface area (TPSA) is 50.1 Å². The molecule has 2 N–H and O–H groups in total. The van der Waals surface area contributed by atoms with E-state index in [1.165, 1.54) is 12.8 Å². The van der Waals surface area contributed by atoms with E-state index < -0.39 is 0 Å². The maximum Gasteiger partial charge on any atom is 0.122 e. The Morgan fingerprint density at radius 3 is 3.07 bits per heavy atom. The first-order valence-electron chi connectivity index (χ1n) is 5.74. The van der Waals surface area contributed by atoms with Crippen LogP contribution in [-0.4, -0.2) is 27.3 Å². The highest BCUT2D eigenvalue weighted by Crippen LogP contribution is 2.19. The van der Waals surface area contributed by atoms with E-state index in [-0.39, 0.29) is 6.61 Å². The van der Waals surface area contributed by atoms with Gasteiger partial charge in [0.05, 0.1) is 6.54 Å². The molecule has 1 heterocycles. The lowest BCUT2D eigenvalue weighted by Crippen LogP contribution is -2.19. The van der Waals surface area contributed by atoms with E-state index in [2.05, 4.69) is 14.9 Å². The second kappa shape index (κ2) is 5.28. The average molecular weight is 209 g/mol. The number of imidazole rings is 1. The van der Waals surface area contributed by atoms with Gasteiger partial charge in [-0.2, -0.15) is 0 Å². The van der Waals surface area contributed by atoms with Gasteiger partial charge < -0.3 is 15.0 Å². The highest BCUT2D eigenvalue weighted by molar-refractivity contribution is 4.94. The van der Waals surface area contributed by atoms with E-state index in [4.69, 9.17) is 5.11 Å². The molecule has 4 nitrogen and oxygen atoms in total. The van der Waals surface area contributed by atoms with Gasteiger partial charge in [-0.1, -0.05) is 0 Å². The van der Waals surface area contributed by atoms with Gasteiger partial charge in [0, 0.05) is 31.6 Å². The summed E-state index contributed by atoms with van der Waals surface area (Å²) in [5, 5.41) is 12.2. The van der Waals surface area contributed by atoms with Crippen LogP contribution in [0.5, 0.6) is 0 Å². The molecule has 2 rings (SSSR count). The molecule has 1 aromatic rings. The van der Waals surface area contributed by atoms with E-state index in [9.17, 15) is 0 Å². The maximum atomic E-state index is 8.71. The second-order valence-corrected chi connectivity index (χ2v) is 4.12. The Morgan fingerprint density at radius 1 is 1.47 bits per heavy atom. The number of hydrogen-bond acceptors (Lipinski definition) is 3. The molecule has 0 radical (unpaired) electrons. The first-order chi connectivity index (χ1) is 7.40. The fraction of sp³-hybridized carbons (Fsp3) is 0.727. The SMILES string of the molecule is OCCCCn1ccnc1CNC1CC1. The third kappa shape index (κ3) is 3.32. The van der Waals surface area contributed by atoms with Gasteiger partial charge in [-0.3, -0.25) is 0 Å². The second-order valence-electron chi connectivity index (χ2n) is 4.12. The highest BCUT2D eigenvalue weighted by atomic mass is 16.2. The number of rotatable bonds is 7. The van der Waals surface area contributed by atoms with Crippen LogP contribution in [0.15, 0.2) is 12.4 Å². The lowest BCUT2D eigenvalue weighted by molar-refractivity contribution is 0.281. The first kappa shape index (κ1) is 10.6. The van der Waals surface area contributed by atoms with Gasteiger partial charge in [0.25, 0.3) is 0 Å². The molecule has 0 bridgehead atoms. The first-order valence-corrected chi connectivity index (χ1v) is 5.74. The van der Waals surface area contributed by atoms with E-state index in [1.807, 2.05) is 12.4 Å². The third-order valence-electron chi connectivity index (χ3n) is 2.74. The van der Waals surface area contributed by atoms with Gasteiger partial charge in [0.2, 0.25) is 0 Å². The van der Waals surface area contributed by atoms with Crippen LogP contribution in [0.25, 0.3) is 0 Å². The Kier molecular flexibility index (Phi) is 3.75. The molecule has 0 saturated heterocycles. The minimum atomic E-state index is 0.282. The molecule has 84 valence electrons. The Bertz CT molecular complexity index is 294. The molecule has 0 atom stereocenters. The lowest BCUT2D eigenvalue weighted by atomic mass is 10.3. The van der Waals surface area contributed by atoms with Crippen molar-refractivity contribution in [3.05, 3.63) is 18.2 Å². The summed E-state index contributed by atoms with van der Waals surface area (Å²) in [6.07, 6.45) is 8.37. The van der Waals surface area contributed by atoms with E-state index in [1.54, 1.807) is 0 Å². The largest absolute Gasteiger partial charge is 0.396 e.